The fourth-order valence-electron chi connectivity index (χ4n) is 1.88. The Morgan fingerprint density at radius 2 is 2.13 bits per heavy atom. The van der Waals surface area contributed by atoms with Gasteiger partial charge in [0.25, 0.3) is 0 Å². The highest BCUT2D eigenvalue weighted by molar-refractivity contribution is 5.80. The summed E-state index contributed by atoms with van der Waals surface area (Å²) in [5, 5.41) is 0. The van der Waals surface area contributed by atoms with Crippen molar-refractivity contribution in [2.24, 2.45) is 5.73 Å². The highest BCUT2D eigenvalue weighted by Crippen LogP contribution is 2.20. The molecule has 3 heteroatoms. The van der Waals surface area contributed by atoms with E-state index < -0.39 is 0 Å². The van der Waals surface area contributed by atoms with E-state index in [2.05, 4.69) is 36.1 Å². The lowest BCUT2D eigenvalue weighted by Gasteiger charge is -2.38. The third-order valence-corrected chi connectivity index (χ3v) is 2.97. The van der Waals surface area contributed by atoms with Crippen LogP contribution in [0.3, 0.4) is 0 Å². The Morgan fingerprint density at radius 3 is 2.60 bits per heavy atom. The number of hydrogen-bond donors (Lipinski definition) is 1. The molecule has 15 heavy (non-hydrogen) atoms. The monoisotopic (exact) mass is 204 g/mol. The molecule has 0 aliphatic carbocycles. The van der Waals surface area contributed by atoms with Crippen LogP contribution in [0.5, 0.6) is 0 Å². The molecule has 0 bridgehead atoms. The first-order valence-electron chi connectivity index (χ1n) is 5.26. The molecule has 2 N–H and O–H groups in total. The third kappa shape index (κ3) is 2.18. The van der Waals surface area contributed by atoms with Crippen molar-refractivity contribution >= 4 is 5.91 Å². The number of amides is 1. The zero-order valence-electron chi connectivity index (χ0n) is 8.94. The first-order valence-corrected chi connectivity index (χ1v) is 5.26. The summed E-state index contributed by atoms with van der Waals surface area (Å²) in [5.74, 6) is -0.201. The molecular weight excluding hydrogens is 188 g/mol. The van der Waals surface area contributed by atoms with Crippen LogP contribution in [0.2, 0.25) is 0 Å². The standard InChI is InChI=1S/C12H16N2O/c1-9-2-4-10(5-3-9)8-14-7-6-11(14)12(13)15/h2-5,11H,6-8H2,1H3,(H2,13,15)/t11-/m0/s1. The van der Waals surface area contributed by atoms with Gasteiger partial charge in [0.1, 0.15) is 0 Å². The van der Waals surface area contributed by atoms with Crippen LogP contribution in [-0.2, 0) is 11.3 Å². The molecule has 3 nitrogen and oxygen atoms in total. The van der Waals surface area contributed by atoms with Crippen LogP contribution in [0, 0.1) is 6.92 Å². The normalized spacial score (nSPS) is 21.0. The summed E-state index contributed by atoms with van der Waals surface area (Å²) in [7, 11) is 0. The largest absolute Gasteiger partial charge is 0.368 e. The molecule has 1 aromatic rings. The third-order valence-electron chi connectivity index (χ3n) is 2.97. The topological polar surface area (TPSA) is 46.3 Å². The smallest absolute Gasteiger partial charge is 0.234 e. The minimum absolute atomic E-state index is 0.0497. The van der Waals surface area contributed by atoms with Crippen molar-refractivity contribution in [2.45, 2.75) is 25.9 Å². The van der Waals surface area contributed by atoms with Gasteiger partial charge in [0, 0.05) is 13.1 Å². The molecule has 1 fully saturated rings. The maximum Gasteiger partial charge on any atom is 0.234 e. The van der Waals surface area contributed by atoms with Crippen molar-refractivity contribution in [3.63, 3.8) is 0 Å². The van der Waals surface area contributed by atoms with E-state index in [0.29, 0.717) is 0 Å². The van der Waals surface area contributed by atoms with E-state index in [-0.39, 0.29) is 11.9 Å². The molecule has 1 aromatic carbocycles. The maximum atomic E-state index is 11.0. The average molecular weight is 204 g/mol. The van der Waals surface area contributed by atoms with E-state index in [1.165, 1.54) is 11.1 Å². The predicted molar refractivity (Wildman–Crippen MR) is 59.2 cm³/mol. The number of carbonyl (C=O) groups excluding carboxylic acids is 1. The van der Waals surface area contributed by atoms with Crippen molar-refractivity contribution in [2.75, 3.05) is 6.54 Å². The van der Waals surface area contributed by atoms with E-state index in [9.17, 15) is 4.79 Å². The van der Waals surface area contributed by atoms with E-state index in [1.54, 1.807) is 0 Å². The van der Waals surface area contributed by atoms with Gasteiger partial charge in [0.05, 0.1) is 6.04 Å². The summed E-state index contributed by atoms with van der Waals surface area (Å²) in [6.07, 6.45) is 0.904. The number of primary amides is 1. The first kappa shape index (κ1) is 10.2. The number of rotatable bonds is 3. The lowest BCUT2D eigenvalue weighted by molar-refractivity contribution is -0.127. The first-order chi connectivity index (χ1) is 7.16. The Bertz CT molecular complexity index is 358. The van der Waals surface area contributed by atoms with Gasteiger partial charge >= 0.3 is 0 Å². The van der Waals surface area contributed by atoms with E-state index in [1.807, 2.05) is 0 Å². The number of nitrogens with zero attached hydrogens (tertiary/aromatic N) is 1. The van der Waals surface area contributed by atoms with Gasteiger partial charge in [-0.3, -0.25) is 9.69 Å². The van der Waals surface area contributed by atoms with Crippen molar-refractivity contribution in [1.82, 2.24) is 4.90 Å². The fraction of sp³-hybridized carbons (Fsp3) is 0.417. The predicted octanol–water partition coefficient (Wildman–Crippen LogP) is 1.05. The quantitative estimate of drug-likeness (QED) is 0.800. The minimum Gasteiger partial charge on any atom is -0.368 e. The van der Waals surface area contributed by atoms with Gasteiger partial charge in [-0.2, -0.15) is 0 Å². The molecule has 1 atom stereocenters. The number of carbonyl (C=O) groups is 1. The number of hydrogen-bond acceptors (Lipinski definition) is 2. The van der Waals surface area contributed by atoms with Gasteiger partial charge in [-0.25, -0.2) is 0 Å². The molecule has 0 unspecified atom stereocenters. The highest BCUT2D eigenvalue weighted by Gasteiger charge is 2.31. The summed E-state index contributed by atoms with van der Waals surface area (Å²) < 4.78 is 0. The SMILES string of the molecule is Cc1ccc(CN2CC[C@H]2C(N)=O)cc1. The second-order valence-electron chi connectivity index (χ2n) is 4.16. The molecule has 1 aliphatic heterocycles. The average Bonchev–Trinajstić information content (AvgIpc) is 2.14. The van der Waals surface area contributed by atoms with Crippen molar-refractivity contribution in [1.29, 1.82) is 0 Å². The number of benzene rings is 1. The second-order valence-corrected chi connectivity index (χ2v) is 4.16. The molecule has 0 spiro atoms. The molecule has 1 aliphatic rings. The van der Waals surface area contributed by atoms with Gasteiger partial charge in [-0.15, -0.1) is 0 Å². The van der Waals surface area contributed by atoms with Gasteiger partial charge < -0.3 is 5.73 Å². The highest BCUT2D eigenvalue weighted by atomic mass is 16.1. The molecule has 0 radical (unpaired) electrons. The van der Waals surface area contributed by atoms with Crippen LogP contribution in [0.1, 0.15) is 17.5 Å². The number of aryl methyl sites for hydroxylation is 1. The summed E-state index contributed by atoms with van der Waals surface area (Å²) in [6, 6.07) is 8.34. The van der Waals surface area contributed by atoms with Crippen molar-refractivity contribution < 1.29 is 4.79 Å². The second kappa shape index (κ2) is 4.03. The number of nitrogens with two attached hydrogens (primary N) is 1. The zero-order chi connectivity index (χ0) is 10.8. The Labute approximate surface area is 89.9 Å². The lowest BCUT2D eigenvalue weighted by Crippen LogP contribution is -2.54. The Hall–Kier alpha value is -1.35. The maximum absolute atomic E-state index is 11.0. The Kier molecular flexibility index (Phi) is 2.73. The van der Waals surface area contributed by atoms with Gasteiger partial charge in [-0.1, -0.05) is 29.8 Å². The van der Waals surface area contributed by atoms with Crippen LogP contribution in [0.4, 0.5) is 0 Å². The minimum atomic E-state index is -0.201. The van der Waals surface area contributed by atoms with E-state index >= 15 is 0 Å². The van der Waals surface area contributed by atoms with Gasteiger partial charge in [0.2, 0.25) is 5.91 Å². The molecule has 80 valence electrons. The fourth-order valence-corrected chi connectivity index (χ4v) is 1.88. The summed E-state index contributed by atoms with van der Waals surface area (Å²) in [6.45, 7) is 3.87. The summed E-state index contributed by atoms with van der Waals surface area (Å²) >= 11 is 0. The summed E-state index contributed by atoms with van der Waals surface area (Å²) in [4.78, 5) is 13.1. The van der Waals surface area contributed by atoms with Gasteiger partial charge in [-0.05, 0) is 18.9 Å². The van der Waals surface area contributed by atoms with Crippen molar-refractivity contribution in [3.05, 3.63) is 35.4 Å². The number of likely N-dealkylation sites (tertiary alicyclic amines) is 1. The van der Waals surface area contributed by atoms with Crippen LogP contribution >= 0.6 is 0 Å². The molecule has 1 saturated heterocycles. The van der Waals surface area contributed by atoms with Crippen LogP contribution in [0.25, 0.3) is 0 Å². The molecule has 1 amide bonds. The van der Waals surface area contributed by atoms with Gasteiger partial charge in [0.15, 0.2) is 0 Å². The zero-order valence-corrected chi connectivity index (χ0v) is 8.94. The van der Waals surface area contributed by atoms with Crippen LogP contribution in [0.15, 0.2) is 24.3 Å². The van der Waals surface area contributed by atoms with Crippen LogP contribution < -0.4 is 5.73 Å². The Morgan fingerprint density at radius 1 is 1.47 bits per heavy atom. The molecule has 2 rings (SSSR count). The molecule has 0 aromatic heterocycles. The Balaban J connectivity index is 1.97. The van der Waals surface area contributed by atoms with Crippen LogP contribution in [-0.4, -0.2) is 23.4 Å². The van der Waals surface area contributed by atoms with Crippen molar-refractivity contribution in [3.8, 4) is 0 Å². The molecule has 0 saturated carbocycles. The van der Waals surface area contributed by atoms with E-state index in [4.69, 9.17) is 5.73 Å². The summed E-state index contributed by atoms with van der Waals surface area (Å²) in [5.41, 5.74) is 7.79. The molecule has 1 heterocycles. The lowest BCUT2D eigenvalue weighted by atomic mass is 10.0. The molecular formula is C12H16N2O. The van der Waals surface area contributed by atoms with E-state index in [0.717, 1.165) is 19.5 Å².